The maximum absolute atomic E-state index is 9.96. The molecule has 1 N–H and O–H groups in total. The normalized spacial score (nSPS) is 11.9. The first-order valence-corrected chi connectivity index (χ1v) is 7.69. The number of aromatic hydroxyl groups is 1. The molecule has 0 aromatic heterocycles. The molecule has 0 fully saturated rings. The molecule has 2 aromatic carbocycles. The zero-order chi connectivity index (χ0) is 15.6. The second-order valence-corrected chi connectivity index (χ2v) is 6.92. The second kappa shape index (κ2) is 5.93. The molecule has 1 heteroatoms. The Morgan fingerprint density at radius 1 is 1.05 bits per heavy atom. The van der Waals surface area contributed by atoms with Gasteiger partial charge in [0.05, 0.1) is 0 Å². The molecule has 0 unspecified atom stereocenters. The van der Waals surface area contributed by atoms with Crippen LogP contribution in [0, 0.1) is 6.92 Å². The number of hydrogen-bond acceptors (Lipinski definition) is 1. The van der Waals surface area contributed by atoms with Gasteiger partial charge in [-0.15, -0.1) is 0 Å². The van der Waals surface area contributed by atoms with Gasteiger partial charge in [-0.1, -0.05) is 64.1 Å². The van der Waals surface area contributed by atoms with E-state index in [9.17, 15) is 5.11 Å². The standard InChI is InChI=1S/C20H26O/c1-14(2)17-12-16(10-11-19(17)21)13-20(4,5)18-9-7-6-8-15(18)3/h6-12,14,21H,13H2,1-5H3. The lowest BCUT2D eigenvalue weighted by Gasteiger charge is -2.28. The van der Waals surface area contributed by atoms with Crippen molar-refractivity contribution >= 4 is 0 Å². The second-order valence-electron chi connectivity index (χ2n) is 6.92. The molecule has 0 bridgehead atoms. The number of rotatable bonds is 4. The molecule has 112 valence electrons. The molecule has 0 radical (unpaired) electrons. The number of aryl methyl sites for hydroxylation is 1. The van der Waals surface area contributed by atoms with Crippen molar-refractivity contribution in [2.24, 2.45) is 0 Å². The number of phenols is 1. The van der Waals surface area contributed by atoms with Crippen molar-refractivity contribution in [2.75, 3.05) is 0 Å². The van der Waals surface area contributed by atoms with Crippen LogP contribution in [-0.2, 0) is 11.8 Å². The maximum Gasteiger partial charge on any atom is 0.119 e. The van der Waals surface area contributed by atoms with Gasteiger partial charge in [0, 0.05) is 0 Å². The molecular weight excluding hydrogens is 256 g/mol. The Morgan fingerprint density at radius 3 is 2.33 bits per heavy atom. The van der Waals surface area contributed by atoms with Gasteiger partial charge < -0.3 is 5.11 Å². The summed E-state index contributed by atoms with van der Waals surface area (Å²) in [5.74, 6) is 0.744. The third-order valence-electron chi connectivity index (χ3n) is 4.23. The smallest absolute Gasteiger partial charge is 0.119 e. The van der Waals surface area contributed by atoms with E-state index in [1.165, 1.54) is 16.7 Å². The summed E-state index contributed by atoms with van der Waals surface area (Å²) in [5, 5.41) is 9.96. The van der Waals surface area contributed by atoms with Crippen LogP contribution < -0.4 is 0 Å². The number of phenolic OH excluding ortho intramolecular Hbond substituents is 1. The molecule has 0 aliphatic rings. The molecule has 0 spiro atoms. The van der Waals surface area contributed by atoms with Crippen molar-refractivity contribution in [2.45, 2.75) is 52.4 Å². The summed E-state index contributed by atoms with van der Waals surface area (Å²) in [6.45, 7) is 11.0. The fourth-order valence-electron chi connectivity index (χ4n) is 3.11. The predicted octanol–water partition coefficient (Wildman–Crippen LogP) is 5.34. The van der Waals surface area contributed by atoms with E-state index in [1.807, 2.05) is 12.1 Å². The zero-order valence-corrected chi connectivity index (χ0v) is 13.8. The van der Waals surface area contributed by atoms with Crippen molar-refractivity contribution in [3.05, 3.63) is 64.7 Å². The number of hydrogen-bond donors (Lipinski definition) is 1. The lowest BCUT2D eigenvalue weighted by molar-refractivity contribution is 0.463. The van der Waals surface area contributed by atoms with E-state index in [2.05, 4.69) is 65.0 Å². The lowest BCUT2D eigenvalue weighted by atomic mass is 9.77. The fraction of sp³-hybridized carbons (Fsp3) is 0.400. The average molecular weight is 282 g/mol. The Bertz CT molecular complexity index is 623. The quantitative estimate of drug-likeness (QED) is 0.802. The summed E-state index contributed by atoms with van der Waals surface area (Å²) in [5.41, 5.74) is 5.13. The summed E-state index contributed by atoms with van der Waals surface area (Å²) >= 11 is 0. The summed E-state index contributed by atoms with van der Waals surface area (Å²) < 4.78 is 0. The number of benzene rings is 2. The molecular formula is C20H26O. The highest BCUT2D eigenvalue weighted by molar-refractivity contribution is 5.40. The van der Waals surface area contributed by atoms with E-state index < -0.39 is 0 Å². The molecule has 1 nitrogen and oxygen atoms in total. The van der Waals surface area contributed by atoms with E-state index in [1.54, 1.807) is 0 Å². The van der Waals surface area contributed by atoms with Crippen molar-refractivity contribution < 1.29 is 5.11 Å². The molecule has 0 saturated carbocycles. The van der Waals surface area contributed by atoms with Crippen LogP contribution in [0.4, 0.5) is 0 Å². The van der Waals surface area contributed by atoms with Gasteiger partial charge in [0.1, 0.15) is 5.75 Å². The van der Waals surface area contributed by atoms with Crippen LogP contribution in [0.2, 0.25) is 0 Å². The summed E-state index contributed by atoms with van der Waals surface area (Å²) in [6.07, 6.45) is 0.970. The average Bonchev–Trinajstić information content (AvgIpc) is 2.40. The molecule has 0 aliphatic carbocycles. The van der Waals surface area contributed by atoms with Crippen LogP contribution in [0.1, 0.15) is 55.9 Å². The van der Waals surface area contributed by atoms with Crippen molar-refractivity contribution in [3.8, 4) is 5.75 Å². The molecule has 21 heavy (non-hydrogen) atoms. The van der Waals surface area contributed by atoms with Gasteiger partial charge in [0.25, 0.3) is 0 Å². The van der Waals surface area contributed by atoms with Crippen molar-refractivity contribution in [1.29, 1.82) is 0 Å². The van der Waals surface area contributed by atoms with Gasteiger partial charge in [0.15, 0.2) is 0 Å². The molecule has 0 amide bonds. The van der Waals surface area contributed by atoms with Gasteiger partial charge in [-0.2, -0.15) is 0 Å². The summed E-state index contributed by atoms with van der Waals surface area (Å²) in [4.78, 5) is 0. The van der Waals surface area contributed by atoms with Crippen LogP contribution in [0.5, 0.6) is 5.75 Å². The van der Waals surface area contributed by atoms with Crippen LogP contribution in [-0.4, -0.2) is 5.11 Å². The van der Waals surface area contributed by atoms with E-state index in [0.29, 0.717) is 11.7 Å². The monoisotopic (exact) mass is 282 g/mol. The highest BCUT2D eigenvalue weighted by atomic mass is 16.3. The van der Waals surface area contributed by atoms with Gasteiger partial charge in [-0.25, -0.2) is 0 Å². The largest absolute Gasteiger partial charge is 0.508 e. The highest BCUT2D eigenvalue weighted by Gasteiger charge is 2.23. The molecule has 0 atom stereocenters. The summed E-state index contributed by atoms with van der Waals surface area (Å²) in [7, 11) is 0. The van der Waals surface area contributed by atoms with Gasteiger partial charge >= 0.3 is 0 Å². The molecule has 0 saturated heterocycles. The van der Waals surface area contributed by atoms with Crippen molar-refractivity contribution in [3.63, 3.8) is 0 Å². The molecule has 2 aromatic rings. The first kappa shape index (κ1) is 15.6. The first-order valence-electron chi connectivity index (χ1n) is 7.69. The Kier molecular flexibility index (Phi) is 4.41. The maximum atomic E-state index is 9.96. The van der Waals surface area contributed by atoms with Crippen LogP contribution in [0.3, 0.4) is 0 Å². The van der Waals surface area contributed by atoms with E-state index in [4.69, 9.17) is 0 Å². The van der Waals surface area contributed by atoms with Crippen LogP contribution in [0.15, 0.2) is 42.5 Å². The Morgan fingerprint density at radius 2 is 1.71 bits per heavy atom. The zero-order valence-electron chi connectivity index (χ0n) is 13.8. The summed E-state index contributed by atoms with van der Waals surface area (Å²) in [6, 6.07) is 14.6. The first-order chi connectivity index (χ1) is 9.81. The Labute approximate surface area is 128 Å². The molecule has 0 heterocycles. The van der Waals surface area contributed by atoms with Gasteiger partial charge in [0.2, 0.25) is 0 Å². The predicted molar refractivity (Wildman–Crippen MR) is 90.1 cm³/mol. The minimum atomic E-state index is 0.0799. The third-order valence-corrected chi connectivity index (χ3v) is 4.23. The third kappa shape index (κ3) is 3.47. The van der Waals surface area contributed by atoms with E-state index in [0.717, 1.165) is 12.0 Å². The Balaban J connectivity index is 2.33. The Hall–Kier alpha value is -1.76. The lowest BCUT2D eigenvalue weighted by Crippen LogP contribution is -2.21. The van der Waals surface area contributed by atoms with Gasteiger partial charge in [-0.05, 0) is 53.0 Å². The van der Waals surface area contributed by atoms with E-state index in [-0.39, 0.29) is 5.41 Å². The SMILES string of the molecule is Cc1ccccc1C(C)(C)Cc1ccc(O)c(C(C)C)c1. The topological polar surface area (TPSA) is 20.2 Å². The fourth-order valence-corrected chi connectivity index (χ4v) is 3.11. The molecule has 0 aliphatic heterocycles. The minimum Gasteiger partial charge on any atom is -0.508 e. The van der Waals surface area contributed by atoms with E-state index >= 15 is 0 Å². The molecule has 2 rings (SSSR count). The van der Waals surface area contributed by atoms with Crippen LogP contribution >= 0.6 is 0 Å². The highest BCUT2D eigenvalue weighted by Crippen LogP contribution is 2.33. The minimum absolute atomic E-state index is 0.0799. The van der Waals surface area contributed by atoms with Gasteiger partial charge in [-0.3, -0.25) is 0 Å². The van der Waals surface area contributed by atoms with Crippen molar-refractivity contribution in [1.82, 2.24) is 0 Å². The van der Waals surface area contributed by atoms with Crippen LogP contribution in [0.25, 0.3) is 0 Å².